The largest absolute Gasteiger partial charge is 0.469 e. The first-order valence-electron chi connectivity index (χ1n) is 7.80. The minimum Gasteiger partial charge on any atom is -0.469 e. The van der Waals surface area contributed by atoms with E-state index in [1.807, 2.05) is 18.2 Å². The molecule has 0 aliphatic carbocycles. The number of piperidine rings is 1. The maximum absolute atomic E-state index is 11.6. The zero-order chi connectivity index (χ0) is 16.9. The van der Waals surface area contributed by atoms with Crippen molar-refractivity contribution in [2.75, 3.05) is 36.1 Å². The van der Waals surface area contributed by atoms with Gasteiger partial charge in [-0.2, -0.15) is 0 Å². The summed E-state index contributed by atoms with van der Waals surface area (Å²) in [4.78, 5) is 26.4. The standard InChI is InChI=1S/C16H20N6O2/c1-24-16(23)11-5-8-22(9-6-11)15-13(17)14(19-10-20-15)21-12-4-2-3-7-18-12/h2-4,7,10-11H,5-6,8-9,17H2,1H3,(H,18,19,20,21). The second-order valence-corrected chi connectivity index (χ2v) is 5.58. The summed E-state index contributed by atoms with van der Waals surface area (Å²) in [7, 11) is 1.42. The number of esters is 1. The number of nitrogens with two attached hydrogens (primary N) is 1. The van der Waals surface area contributed by atoms with Crippen LogP contribution in [0.15, 0.2) is 30.7 Å². The van der Waals surface area contributed by atoms with Gasteiger partial charge in [0.15, 0.2) is 11.6 Å². The fourth-order valence-corrected chi connectivity index (χ4v) is 2.79. The second kappa shape index (κ2) is 7.12. The molecule has 3 N–H and O–H groups in total. The summed E-state index contributed by atoms with van der Waals surface area (Å²) in [6.45, 7) is 1.40. The molecule has 24 heavy (non-hydrogen) atoms. The van der Waals surface area contributed by atoms with Gasteiger partial charge in [0, 0.05) is 19.3 Å². The number of aromatic nitrogens is 3. The van der Waals surface area contributed by atoms with Crippen molar-refractivity contribution < 1.29 is 9.53 Å². The van der Waals surface area contributed by atoms with Crippen LogP contribution in [-0.2, 0) is 9.53 Å². The minimum absolute atomic E-state index is 0.0552. The average Bonchev–Trinajstić information content (AvgIpc) is 2.64. The summed E-state index contributed by atoms with van der Waals surface area (Å²) in [5.41, 5.74) is 6.71. The van der Waals surface area contributed by atoms with Gasteiger partial charge in [0.2, 0.25) is 0 Å². The molecule has 0 unspecified atom stereocenters. The van der Waals surface area contributed by atoms with Crippen LogP contribution in [0.1, 0.15) is 12.8 Å². The fraction of sp³-hybridized carbons (Fsp3) is 0.375. The molecule has 1 saturated heterocycles. The van der Waals surface area contributed by atoms with Crippen LogP contribution in [0.3, 0.4) is 0 Å². The molecule has 0 bridgehead atoms. The van der Waals surface area contributed by atoms with Crippen molar-refractivity contribution in [1.29, 1.82) is 0 Å². The molecule has 126 valence electrons. The molecule has 1 aliphatic rings. The Labute approximate surface area is 140 Å². The van der Waals surface area contributed by atoms with Crippen molar-refractivity contribution in [3.63, 3.8) is 0 Å². The molecule has 0 saturated carbocycles. The monoisotopic (exact) mass is 328 g/mol. The maximum Gasteiger partial charge on any atom is 0.308 e. The Bertz CT molecular complexity index is 701. The molecule has 1 fully saturated rings. The van der Waals surface area contributed by atoms with E-state index in [2.05, 4.69) is 25.2 Å². The predicted octanol–water partition coefficient (Wildman–Crippen LogP) is 1.59. The van der Waals surface area contributed by atoms with E-state index in [0.29, 0.717) is 36.2 Å². The summed E-state index contributed by atoms with van der Waals surface area (Å²) < 4.78 is 4.82. The van der Waals surface area contributed by atoms with E-state index in [4.69, 9.17) is 10.5 Å². The highest BCUT2D eigenvalue weighted by molar-refractivity contribution is 5.78. The Hall–Kier alpha value is -2.90. The molecule has 0 radical (unpaired) electrons. The van der Waals surface area contributed by atoms with Crippen molar-refractivity contribution in [2.45, 2.75) is 12.8 Å². The number of carbonyl (C=O) groups excluding carboxylic acids is 1. The third-order valence-electron chi connectivity index (χ3n) is 4.10. The van der Waals surface area contributed by atoms with Crippen LogP contribution in [-0.4, -0.2) is 41.1 Å². The van der Waals surface area contributed by atoms with Crippen LogP contribution in [0.25, 0.3) is 0 Å². The van der Waals surface area contributed by atoms with Crippen molar-refractivity contribution in [3.8, 4) is 0 Å². The van der Waals surface area contributed by atoms with Gasteiger partial charge in [-0.15, -0.1) is 0 Å². The van der Waals surface area contributed by atoms with Crippen LogP contribution in [0.2, 0.25) is 0 Å². The Morgan fingerprint density at radius 2 is 2.08 bits per heavy atom. The molecule has 0 aromatic carbocycles. The summed E-state index contributed by atoms with van der Waals surface area (Å²) in [5, 5.41) is 3.10. The number of anilines is 4. The topological polar surface area (TPSA) is 106 Å². The molecule has 2 aromatic heterocycles. The first kappa shape index (κ1) is 16.0. The van der Waals surface area contributed by atoms with Crippen LogP contribution in [0.4, 0.5) is 23.1 Å². The van der Waals surface area contributed by atoms with Gasteiger partial charge in [-0.05, 0) is 25.0 Å². The number of pyridine rings is 1. The van der Waals surface area contributed by atoms with E-state index < -0.39 is 0 Å². The Balaban J connectivity index is 1.73. The van der Waals surface area contributed by atoms with Gasteiger partial charge in [0.05, 0.1) is 13.0 Å². The first-order chi connectivity index (χ1) is 11.7. The molecule has 3 heterocycles. The quantitative estimate of drug-likeness (QED) is 0.815. The summed E-state index contributed by atoms with van der Waals surface area (Å²) >= 11 is 0. The number of hydrogen-bond donors (Lipinski definition) is 2. The highest BCUT2D eigenvalue weighted by atomic mass is 16.5. The van der Waals surface area contributed by atoms with E-state index in [0.717, 1.165) is 12.8 Å². The lowest BCUT2D eigenvalue weighted by Crippen LogP contribution is -2.37. The molecule has 0 amide bonds. The second-order valence-electron chi connectivity index (χ2n) is 5.58. The molecular formula is C16H20N6O2. The zero-order valence-electron chi connectivity index (χ0n) is 13.5. The van der Waals surface area contributed by atoms with Gasteiger partial charge < -0.3 is 20.7 Å². The number of nitrogen functional groups attached to an aromatic ring is 1. The smallest absolute Gasteiger partial charge is 0.308 e. The van der Waals surface area contributed by atoms with Crippen molar-refractivity contribution in [1.82, 2.24) is 15.0 Å². The van der Waals surface area contributed by atoms with Crippen LogP contribution < -0.4 is 16.0 Å². The Morgan fingerprint density at radius 3 is 2.75 bits per heavy atom. The Morgan fingerprint density at radius 1 is 1.29 bits per heavy atom. The van der Waals surface area contributed by atoms with Crippen LogP contribution >= 0.6 is 0 Å². The minimum atomic E-state index is -0.150. The van der Waals surface area contributed by atoms with E-state index in [1.165, 1.54) is 13.4 Å². The molecule has 2 aromatic rings. The molecule has 0 spiro atoms. The maximum atomic E-state index is 11.6. The lowest BCUT2D eigenvalue weighted by Gasteiger charge is -2.32. The number of ether oxygens (including phenoxy) is 1. The summed E-state index contributed by atoms with van der Waals surface area (Å²) in [6, 6.07) is 5.56. The van der Waals surface area contributed by atoms with Gasteiger partial charge in [-0.3, -0.25) is 4.79 Å². The third kappa shape index (κ3) is 3.37. The van der Waals surface area contributed by atoms with Gasteiger partial charge in [0.25, 0.3) is 0 Å². The van der Waals surface area contributed by atoms with Crippen molar-refractivity contribution >= 4 is 29.1 Å². The van der Waals surface area contributed by atoms with Crippen molar-refractivity contribution in [2.24, 2.45) is 5.92 Å². The SMILES string of the molecule is COC(=O)C1CCN(c2ncnc(Nc3ccccn3)c2N)CC1. The Kier molecular flexibility index (Phi) is 4.74. The molecular weight excluding hydrogens is 308 g/mol. The molecule has 0 atom stereocenters. The lowest BCUT2D eigenvalue weighted by molar-refractivity contribution is -0.146. The lowest BCUT2D eigenvalue weighted by atomic mass is 9.97. The molecule has 3 rings (SSSR count). The summed E-state index contributed by atoms with van der Waals surface area (Å²) in [6.07, 6.45) is 4.61. The number of carbonyl (C=O) groups is 1. The predicted molar refractivity (Wildman–Crippen MR) is 90.9 cm³/mol. The molecule has 8 nitrogen and oxygen atoms in total. The van der Waals surface area contributed by atoms with Gasteiger partial charge in [-0.25, -0.2) is 15.0 Å². The van der Waals surface area contributed by atoms with E-state index in [-0.39, 0.29) is 11.9 Å². The van der Waals surface area contributed by atoms with E-state index in [1.54, 1.807) is 6.20 Å². The number of methoxy groups -OCH3 is 1. The van der Waals surface area contributed by atoms with Crippen LogP contribution in [0.5, 0.6) is 0 Å². The van der Waals surface area contributed by atoms with Crippen LogP contribution in [0, 0.1) is 5.92 Å². The molecule has 8 heteroatoms. The van der Waals surface area contributed by atoms with Crippen molar-refractivity contribution in [3.05, 3.63) is 30.7 Å². The van der Waals surface area contributed by atoms with Gasteiger partial charge >= 0.3 is 5.97 Å². The third-order valence-corrected chi connectivity index (χ3v) is 4.10. The normalized spacial score (nSPS) is 15.1. The number of nitrogens with one attached hydrogen (secondary N) is 1. The van der Waals surface area contributed by atoms with E-state index >= 15 is 0 Å². The number of nitrogens with zero attached hydrogens (tertiary/aromatic N) is 4. The fourth-order valence-electron chi connectivity index (χ4n) is 2.79. The first-order valence-corrected chi connectivity index (χ1v) is 7.80. The highest BCUT2D eigenvalue weighted by Gasteiger charge is 2.27. The number of hydrogen-bond acceptors (Lipinski definition) is 8. The van der Waals surface area contributed by atoms with E-state index in [9.17, 15) is 4.79 Å². The molecule has 1 aliphatic heterocycles. The number of rotatable bonds is 4. The summed E-state index contributed by atoms with van der Waals surface area (Å²) in [5.74, 6) is 1.65. The highest BCUT2D eigenvalue weighted by Crippen LogP contribution is 2.31. The van der Waals surface area contributed by atoms with Gasteiger partial charge in [-0.1, -0.05) is 6.07 Å². The van der Waals surface area contributed by atoms with Gasteiger partial charge in [0.1, 0.15) is 17.8 Å². The zero-order valence-corrected chi connectivity index (χ0v) is 13.5. The average molecular weight is 328 g/mol.